The fourth-order valence-electron chi connectivity index (χ4n) is 2.73. The molecule has 0 fully saturated rings. The Balaban J connectivity index is 2.04. The zero-order chi connectivity index (χ0) is 19.6. The lowest BCUT2D eigenvalue weighted by atomic mass is 10.0. The first-order chi connectivity index (χ1) is 12.8. The number of carboxylic acid groups (broad SMARTS) is 1. The summed E-state index contributed by atoms with van der Waals surface area (Å²) in [6.07, 6.45) is 1.83. The van der Waals surface area contributed by atoms with Crippen LogP contribution in [-0.4, -0.2) is 26.9 Å². The summed E-state index contributed by atoms with van der Waals surface area (Å²) in [4.78, 5) is 16.9. The highest BCUT2D eigenvalue weighted by Gasteiger charge is 2.29. The Morgan fingerprint density at radius 3 is 2.56 bits per heavy atom. The summed E-state index contributed by atoms with van der Waals surface area (Å²) in [7, 11) is 0. The van der Waals surface area contributed by atoms with Gasteiger partial charge >= 0.3 is 5.97 Å². The van der Waals surface area contributed by atoms with E-state index in [1.807, 2.05) is 56.3 Å². The predicted molar refractivity (Wildman–Crippen MR) is 111 cm³/mol. The smallest absolute Gasteiger partial charge is 0.319 e. The molecule has 0 aliphatic heterocycles. The zero-order valence-electron chi connectivity index (χ0n) is 15.9. The van der Waals surface area contributed by atoms with Gasteiger partial charge in [0.15, 0.2) is 0 Å². The van der Waals surface area contributed by atoms with Gasteiger partial charge in [-0.05, 0) is 69.2 Å². The van der Waals surface area contributed by atoms with Gasteiger partial charge in [-0.25, -0.2) is 0 Å². The minimum atomic E-state index is -0.921. The fourth-order valence-corrected chi connectivity index (χ4v) is 3.77. The molecule has 0 aliphatic carbocycles. The number of aromatic nitrogens is 1. The van der Waals surface area contributed by atoms with Crippen LogP contribution in [0.15, 0.2) is 59.6 Å². The Bertz CT molecular complexity index is 982. The number of carboxylic acids is 1. The topological polar surface area (TPSA) is 59.4 Å². The normalized spacial score (nSPS) is 11.7. The molecule has 1 N–H and O–H groups in total. The summed E-state index contributed by atoms with van der Waals surface area (Å²) in [5.74, 6) is -0.0115. The van der Waals surface area contributed by atoms with Gasteiger partial charge in [0.25, 0.3) is 0 Å². The number of nitrogens with zero attached hydrogens (tertiary/aromatic N) is 1. The van der Waals surface area contributed by atoms with Gasteiger partial charge < -0.3 is 9.84 Å². The second kappa shape index (κ2) is 7.61. The van der Waals surface area contributed by atoms with Crippen LogP contribution in [0.3, 0.4) is 0 Å². The maximum atomic E-state index is 11.5. The summed E-state index contributed by atoms with van der Waals surface area (Å²) in [6.45, 7) is 7.43. The van der Waals surface area contributed by atoms with Crippen LogP contribution in [0.2, 0.25) is 0 Å². The van der Waals surface area contributed by atoms with Crippen LogP contribution in [-0.2, 0) is 4.79 Å². The van der Waals surface area contributed by atoms with Gasteiger partial charge in [0.05, 0.1) is 11.6 Å². The third-order valence-corrected chi connectivity index (χ3v) is 5.38. The van der Waals surface area contributed by atoms with E-state index in [4.69, 9.17) is 4.74 Å². The highest BCUT2D eigenvalue weighted by Crippen LogP contribution is 2.38. The first kappa shape index (κ1) is 19.2. The van der Waals surface area contributed by atoms with Crippen molar-refractivity contribution in [2.75, 3.05) is 0 Å². The largest absolute Gasteiger partial charge is 0.491 e. The molecule has 0 saturated heterocycles. The number of hydrogen-bond acceptors (Lipinski definition) is 4. The van der Waals surface area contributed by atoms with E-state index >= 15 is 0 Å². The van der Waals surface area contributed by atoms with E-state index in [9.17, 15) is 9.90 Å². The molecule has 3 rings (SSSR count). The molecule has 2 aromatic carbocycles. The fraction of sp³-hybridized carbons (Fsp3) is 0.273. The Morgan fingerprint density at radius 2 is 1.85 bits per heavy atom. The van der Waals surface area contributed by atoms with Crippen molar-refractivity contribution in [3.8, 4) is 16.9 Å². The number of benzene rings is 2. The first-order valence-electron chi connectivity index (χ1n) is 8.84. The molecule has 0 spiro atoms. The van der Waals surface area contributed by atoms with E-state index in [2.05, 4.69) is 11.1 Å². The molecule has 5 heteroatoms. The standard InChI is InChI=1S/C22H23NO3S/c1-14(2)26-17-7-5-6-15(12-17)16-8-9-19-18(13-16)20(10-11-23-19)27-22(3,4)21(24)25/h5-14H,1-4H3,(H,24,25). The van der Waals surface area contributed by atoms with Crippen molar-refractivity contribution in [3.05, 3.63) is 54.7 Å². The summed E-state index contributed by atoms with van der Waals surface area (Å²) in [5, 5.41) is 10.4. The van der Waals surface area contributed by atoms with Crippen molar-refractivity contribution in [1.82, 2.24) is 4.98 Å². The number of thioether (sulfide) groups is 1. The minimum absolute atomic E-state index is 0.113. The van der Waals surface area contributed by atoms with Crippen LogP contribution in [0.25, 0.3) is 22.0 Å². The SMILES string of the molecule is CC(C)Oc1cccc(-c2ccc3nccc(SC(C)(C)C(=O)O)c3c2)c1. The third kappa shape index (κ3) is 4.42. The van der Waals surface area contributed by atoms with E-state index in [1.54, 1.807) is 20.0 Å². The van der Waals surface area contributed by atoms with Crippen molar-refractivity contribution >= 4 is 28.6 Å². The van der Waals surface area contributed by atoms with Gasteiger partial charge in [0, 0.05) is 16.5 Å². The molecular weight excluding hydrogens is 358 g/mol. The first-order valence-corrected chi connectivity index (χ1v) is 9.66. The molecule has 3 aromatic rings. The van der Waals surface area contributed by atoms with E-state index in [-0.39, 0.29) is 6.10 Å². The van der Waals surface area contributed by atoms with Crippen molar-refractivity contribution < 1.29 is 14.6 Å². The molecule has 0 atom stereocenters. The number of carbonyl (C=O) groups is 1. The van der Waals surface area contributed by atoms with Crippen molar-refractivity contribution in [3.63, 3.8) is 0 Å². The van der Waals surface area contributed by atoms with Gasteiger partial charge in [0.2, 0.25) is 0 Å². The number of hydrogen-bond donors (Lipinski definition) is 1. The van der Waals surface area contributed by atoms with Gasteiger partial charge in [-0.1, -0.05) is 18.2 Å². The van der Waals surface area contributed by atoms with E-state index in [0.29, 0.717) is 0 Å². The van der Waals surface area contributed by atoms with E-state index in [1.165, 1.54) is 11.8 Å². The lowest BCUT2D eigenvalue weighted by Crippen LogP contribution is -2.26. The lowest BCUT2D eigenvalue weighted by Gasteiger charge is -2.19. The molecule has 140 valence electrons. The maximum absolute atomic E-state index is 11.5. The van der Waals surface area contributed by atoms with Crippen LogP contribution in [0, 0.1) is 0 Å². The van der Waals surface area contributed by atoms with Crippen LogP contribution < -0.4 is 4.74 Å². The summed E-state index contributed by atoms with van der Waals surface area (Å²) in [6, 6.07) is 15.9. The molecule has 27 heavy (non-hydrogen) atoms. The monoisotopic (exact) mass is 381 g/mol. The second-order valence-electron chi connectivity index (χ2n) is 7.15. The molecule has 1 aromatic heterocycles. The van der Waals surface area contributed by atoms with Crippen molar-refractivity contribution in [1.29, 1.82) is 0 Å². The maximum Gasteiger partial charge on any atom is 0.319 e. The lowest BCUT2D eigenvalue weighted by molar-refractivity contribution is -0.138. The summed E-state index contributed by atoms with van der Waals surface area (Å²) < 4.78 is 4.88. The van der Waals surface area contributed by atoms with E-state index in [0.717, 1.165) is 32.7 Å². The van der Waals surface area contributed by atoms with Gasteiger partial charge in [-0.3, -0.25) is 9.78 Å². The zero-order valence-corrected chi connectivity index (χ0v) is 16.7. The van der Waals surface area contributed by atoms with Gasteiger partial charge in [-0.15, -0.1) is 11.8 Å². The number of pyridine rings is 1. The second-order valence-corrected chi connectivity index (χ2v) is 8.82. The molecule has 0 saturated carbocycles. The molecule has 0 aliphatic rings. The Morgan fingerprint density at radius 1 is 1.11 bits per heavy atom. The molecular formula is C22H23NO3S. The van der Waals surface area contributed by atoms with Crippen molar-refractivity contribution in [2.45, 2.75) is 43.4 Å². The molecule has 0 bridgehead atoms. The van der Waals surface area contributed by atoms with Gasteiger partial charge in [0.1, 0.15) is 10.5 Å². The summed E-state index contributed by atoms with van der Waals surface area (Å²) >= 11 is 1.33. The van der Waals surface area contributed by atoms with Crippen LogP contribution in [0.4, 0.5) is 0 Å². The Hall–Kier alpha value is -2.53. The third-order valence-electron chi connectivity index (χ3n) is 4.12. The highest BCUT2D eigenvalue weighted by molar-refractivity contribution is 8.01. The number of aliphatic carboxylic acids is 1. The average Bonchev–Trinajstić information content (AvgIpc) is 2.61. The Kier molecular flexibility index (Phi) is 5.42. The van der Waals surface area contributed by atoms with Gasteiger partial charge in [-0.2, -0.15) is 0 Å². The molecule has 1 heterocycles. The quantitative estimate of drug-likeness (QED) is 0.560. The summed E-state index contributed by atoms with van der Waals surface area (Å²) in [5.41, 5.74) is 2.94. The van der Waals surface area contributed by atoms with E-state index < -0.39 is 10.7 Å². The molecule has 0 radical (unpaired) electrons. The number of ether oxygens (including phenoxy) is 1. The molecule has 4 nitrogen and oxygen atoms in total. The molecule has 0 unspecified atom stereocenters. The molecule has 0 amide bonds. The Labute approximate surface area is 163 Å². The van der Waals surface area contributed by atoms with Crippen LogP contribution >= 0.6 is 11.8 Å². The predicted octanol–water partition coefficient (Wildman–Crippen LogP) is 5.64. The minimum Gasteiger partial charge on any atom is -0.491 e. The van der Waals surface area contributed by atoms with Crippen LogP contribution in [0.5, 0.6) is 5.75 Å². The average molecular weight is 381 g/mol. The van der Waals surface area contributed by atoms with Crippen molar-refractivity contribution in [2.24, 2.45) is 0 Å². The number of fused-ring (bicyclic) bond motifs is 1. The number of rotatable bonds is 6. The highest BCUT2D eigenvalue weighted by atomic mass is 32.2. The van der Waals surface area contributed by atoms with Crippen LogP contribution in [0.1, 0.15) is 27.7 Å².